The molecule has 1 spiro atoms. The van der Waals surface area contributed by atoms with Gasteiger partial charge in [-0.05, 0) is 50.4 Å². The minimum Gasteiger partial charge on any atom is -0.496 e. The Morgan fingerprint density at radius 1 is 1.20 bits per heavy atom. The highest BCUT2D eigenvalue weighted by atomic mass is 35.5. The Morgan fingerprint density at radius 3 is 2.40 bits per heavy atom. The van der Waals surface area contributed by atoms with E-state index in [-0.39, 0.29) is 17.0 Å². The van der Waals surface area contributed by atoms with Gasteiger partial charge in [0.2, 0.25) is 0 Å². The molecule has 1 aromatic carbocycles. The van der Waals surface area contributed by atoms with Crippen molar-refractivity contribution >= 4 is 23.2 Å². The molecule has 0 bridgehead atoms. The first-order valence-corrected chi connectivity index (χ1v) is 8.94. The SMILES string of the molecule is CC#Cc1cc(Cl)c(C2C(=O)CC3(CCNCC3)CC2=O)c(OC)c1. The van der Waals surface area contributed by atoms with Gasteiger partial charge in [0, 0.05) is 29.0 Å². The van der Waals surface area contributed by atoms with E-state index >= 15 is 0 Å². The number of carbonyl (C=O) groups is 2. The Kier molecular flexibility index (Phi) is 5.17. The van der Waals surface area contributed by atoms with Crippen molar-refractivity contribution in [1.29, 1.82) is 0 Å². The van der Waals surface area contributed by atoms with Crippen molar-refractivity contribution in [2.24, 2.45) is 5.41 Å². The number of carbonyl (C=O) groups excluding carboxylic acids is 2. The summed E-state index contributed by atoms with van der Waals surface area (Å²) in [6.07, 6.45) is 2.60. The van der Waals surface area contributed by atoms with Gasteiger partial charge in [-0.1, -0.05) is 17.5 Å². The third-order valence-electron chi connectivity index (χ3n) is 5.28. The van der Waals surface area contributed by atoms with Gasteiger partial charge in [-0.3, -0.25) is 9.59 Å². The third kappa shape index (κ3) is 3.44. The number of benzene rings is 1. The molecule has 1 aromatic rings. The standard InChI is InChI=1S/C20H22ClNO3/c1-3-4-13-9-14(21)18(17(10-13)25-2)19-15(23)11-20(12-16(19)24)5-7-22-8-6-20/h9-10,19,22H,5-8,11-12H2,1-2H3. The summed E-state index contributed by atoms with van der Waals surface area (Å²) in [7, 11) is 1.52. The normalized spacial score (nSPS) is 20.3. The van der Waals surface area contributed by atoms with Crippen molar-refractivity contribution in [2.45, 2.75) is 38.5 Å². The molecule has 0 unspecified atom stereocenters. The van der Waals surface area contributed by atoms with Crippen LogP contribution in [0.15, 0.2) is 12.1 Å². The number of Topliss-reactive ketones (excluding diaryl/α,β-unsaturated/α-hetero) is 2. The van der Waals surface area contributed by atoms with Crippen LogP contribution in [0.2, 0.25) is 5.02 Å². The first kappa shape index (κ1) is 18.0. The van der Waals surface area contributed by atoms with Crippen molar-refractivity contribution in [2.75, 3.05) is 20.2 Å². The Bertz CT molecular complexity index is 749. The van der Waals surface area contributed by atoms with Gasteiger partial charge in [-0.15, -0.1) is 5.92 Å². The molecule has 132 valence electrons. The van der Waals surface area contributed by atoms with Gasteiger partial charge in [-0.2, -0.15) is 0 Å². The van der Waals surface area contributed by atoms with Crippen LogP contribution in [0.5, 0.6) is 5.75 Å². The lowest BCUT2D eigenvalue weighted by atomic mass is 9.63. The minimum atomic E-state index is -0.827. The predicted molar refractivity (Wildman–Crippen MR) is 97.1 cm³/mol. The summed E-state index contributed by atoms with van der Waals surface area (Å²) in [5, 5.41) is 3.66. The third-order valence-corrected chi connectivity index (χ3v) is 5.59. The van der Waals surface area contributed by atoms with Crippen LogP contribution in [0.25, 0.3) is 0 Å². The Hall–Kier alpha value is -1.83. The zero-order chi connectivity index (χ0) is 18.0. The van der Waals surface area contributed by atoms with Crippen molar-refractivity contribution in [3.05, 3.63) is 28.3 Å². The van der Waals surface area contributed by atoms with Gasteiger partial charge >= 0.3 is 0 Å². The molecule has 0 radical (unpaired) electrons. The van der Waals surface area contributed by atoms with E-state index in [9.17, 15) is 9.59 Å². The molecule has 0 atom stereocenters. The second kappa shape index (κ2) is 7.19. The predicted octanol–water partition coefficient (Wildman–Crippen LogP) is 3.11. The molecule has 1 N–H and O–H groups in total. The highest BCUT2D eigenvalue weighted by Gasteiger charge is 2.47. The van der Waals surface area contributed by atoms with Gasteiger partial charge in [0.05, 0.1) is 7.11 Å². The summed E-state index contributed by atoms with van der Waals surface area (Å²) in [4.78, 5) is 25.9. The van der Waals surface area contributed by atoms with Gasteiger partial charge < -0.3 is 10.1 Å². The van der Waals surface area contributed by atoms with E-state index in [0.29, 0.717) is 34.7 Å². The minimum absolute atomic E-state index is 0.0484. The van der Waals surface area contributed by atoms with Crippen molar-refractivity contribution in [1.82, 2.24) is 5.32 Å². The first-order valence-electron chi connectivity index (χ1n) is 8.56. The van der Waals surface area contributed by atoms with Gasteiger partial charge in [0.1, 0.15) is 23.2 Å². The lowest BCUT2D eigenvalue weighted by Crippen LogP contribution is -2.45. The van der Waals surface area contributed by atoms with Crippen LogP contribution in [0, 0.1) is 17.3 Å². The maximum Gasteiger partial charge on any atom is 0.148 e. The summed E-state index contributed by atoms with van der Waals surface area (Å²) in [6.45, 7) is 3.46. The summed E-state index contributed by atoms with van der Waals surface area (Å²) in [5.41, 5.74) is 1.02. The summed E-state index contributed by atoms with van der Waals surface area (Å²) < 4.78 is 5.43. The average molecular weight is 360 g/mol. The van der Waals surface area contributed by atoms with Gasteiger partial charge in [0.15, 0.2) is 0 Å². The molecule has 1 aliphatic heterocycles. The second-order valence-electron chi connectivity index (χ2n) is 6.92. The fourth-order valence-electron chi connectivity index (χ4n) is 4.08. The molecular weight excluding hydrogens is 338 g/mol. The fourth-order valence-corrected chi connectivity index (χ4v) is 4.40. The van der Waals surface area contributed by atoms with E-state index in [4.69, 9.17) is 16.3 Å². The monoisotopic (exact) mass is 359 g/mol. The Morgan fingerprint density at radius 2 is 1.84 bits per heavy atom. The van der Waals surface area contributed by atoms with Crippen LogP contribution in [0.3, 0.4) is 0 Å². The number of hydrogen-bond donors (Lipinski definition) is 1. The molecule has 2 aliphatic rings. The molecule has 0 amide bonds. The average Bonchev–Trinajstić information content (AvgIpc) is 2.56. The van der Waals surface area contributed by atoms with E-state index in [0.717, 1.165) is 25.9 Å². The molecule has 4 nitrogen and oxygen atoms in total. The van der Waals surface area contributed by atoms with Crippen molar-refractivity contribution in [3.63, 3.8) is 0 Å². The quantitative estimate of drug-likeness (QED) is 0.651. The number of nitrogens with one attached hydrogen (secondary N) is 1. The molecule has 1 saturated heterocycles. The smallest absolute Gasteiger partial charge is 0.148 e. The van der Waals surface area contributed by atoms with Crippen molar-refractivity contribution in [3.8, 4) is 17.6 Å². The number of methoxy groups -OCH3 is 1. The lowest BCUT2D eigenvalue weighted by Gasteiger charge is -2.41. The number of ether oxygens (including phenoxy) is 1. The van der Waals surface area contributed by atoms with Crippen LogP contribution in [0.4, 0.5) is 0 Å². The number of piperidine rings is 1. The van der Waals surface area contributed by atoms with E-state index < -0.39 is 5.92 Å². The summed E-state index contributed by atoms with van der Waals surface area (Å²) >= 11 is 6.43. The highest BCUT2D eigenvalue weighted by Crippen LogP contribution is 2.47. The molecule has 1 heterocycles. The molecular formula is C20H22ClNO3. The van der Waals surface area contributed by atoms with Crippen LogP contribution >= 0.6 is 11.6 Å². The maximum absolute atomic E-state index is 12.9. The maximum atomic E-state index is 12.9. The Balaban J connectivity index is 1.97. The number of halogens is 1. The zero-order valence-electron chi connectivity index (χ0n) is 14.6. The number of hydrogen-bond acceptors (Lipinski definition) is 4. The zero-order valence-corrected chi connectivity index (χ0v) is 15.3. The topological polar surface area (TPSA) is 55.4 Å². The first-order chi connectivity index (χ1) is 12.0. The molecule has 5 heteroatoms. The Labute approximate surface area is 153 Å². The summed E-state index contributed by atoms with van der Waals surface area (Å²) in [5.74, 6) is 5.28. The number of ketones is 2. The largest absolute Gasteiger partial charge is 0.496 e. The van der Waals surface area contributed by atoms with Crippen LogP contribution in [0.1, 0.15) is 49.7 Å². The lowest BCUT2D eigenvalue weighted by molar-refractivity contribution is -0.137. The molecule has 3 rings (SSSR count). The second-order valence-corrected chi connectivity index (χ2v) is 7.33. The molecule has 25 heavy (non-hydrogen) atoms. The molecule has 1 aliphatic carbocycles. The van der Waals surface area contributed by atoms with Crippen LogP contribution < -0.4 is 10.1 Å². The fraction of sp³-hybridized carbons (Fsp3) is 0.500. The molecule has 0 aromatic heterocycles. The molecule has 1 saturated carbocycles. The van der Waals surface area contributed by atoms with Gasteiger partial charge in [-0.25, -0.2) is 0 Å². The van der Waals surface area contributed by atoms with E-state index in [1.54, 1.807) is 19.1 Å². The highest BCUT2D eigenvalue weighted by molar-refractivity contribution is 6.32. The van der Waals surface area contributed by atoms with Gasteiger partial charge in [0.25, 0.3) is 0 Å². The summed E-state index contributed by atoms with van der Waals surface area (Å²) in [6, 6.07) is 3.44. The van der Waals surface area contributed by atoms with Crippen LogP contribution in [-0.2, 0) is 9.59 Å². The number of rotatable bonds is 2. The van der Waals surface area contributed by atoms with Crippen LogP contribution in [-0.4, -0.2) is 31.8 Å². The van der Waals surface area contributed by atoms with E-state index in [1.807, 2.05) is 0 Å². The molecule has 2 fully saturated rings. The van der Waals surface area contributed by atoms with Crippen molar-refractivity contribution < 1.29 is 14.3 Å². The van der Waals surface area contributed by atoms with E-state index in [2.05, 4.69) is 17.2 Å². The van der Waals surface area contributed by atoms with E-state index in [1.165, 1.54) is 7.11 Å².